The molecule has 0 fully saturated rings. The monoisotopic (exact) mass is 722 g/mol. The topological polar surface area (TPSA) is 52.8 Å². The molecule has 1 aromatic heterocycles. The first kappa shape index (κ1) is 33.4. The van der Waals surface area contributed by atoms with Crippen LogP contribution in [0, 0.1) is 0 Å². The van der Waals surface area contributed by atoms with E-state index in [2.05, 4.69) is 198 Å². The second-order valence-corrected chi connectivity index (χ2v) is 14.0. The summed E-state index contributed by atoms with van der Waals surface area (Å²) in [6, 6.07) is 72.1. The molecule has 1 aliphatic rings. The molecule has 0 radical (unpaired) electrons. The Hall–Kier alpha value is -7.21. The standard InChI is InChI=1S/C51H38N4O/c1-5-15-35(16-6-1)36-25-29-41(30-26-36)55(40-21-11-4-12-22-40)42-31-27-37(28-32-42)43-33-34-45(47-44-23-13-14-24-46(44)56-48(43)47)51-53-49(38-17-7-2-8-18-38)52-50(54-51)39-19-9-3-10-20-39/h1-34,49,51,53H,(H,52,54). The highest BCUT2D eigenvalue weighted by molar-refractivity contribution is 6.11. The van der Waals surface area contributed by atoms with E-state index < -0.39 is 0 Å². The van der Waals surface area contributed by atoms with Crippen LogP contribution >= 0.6 is 0 Å². The van der Waals surface area contributed by atoms with Crippen LogP contribution in [-0.4, -0.2) is 5.84 Å². The molecule has 0 saturated heterocycles. The number of hydrogen-bond donors (Lipinski definition) is 2. The molecule has 8 aromatic carbocycles. The molecule has 1 aliphatic heterocycles. The van der Waals surface area contributed by atoms with Crippen molar-refractivity contribution >= 4 is 44.8 Å². The molecule has 5 heteroatoms. The summed E-state index contributed by atoms with van der Waals surface area (Å²) in [6.07, 6.45) is -0.472. The van der Waals surface area contributed by atoms with Crippen molar-refractivity contribution in [3.63, 3.8) is 0 Å². The van der Waals surface area contributed by atoms with Gasteiger partial charge in [0.05, 0.1) is 0 Å². The SMILES string of the molecule is c1ccc(C2=NC(c3ccc(-c4ccc(N(c5ccccc5)c5ccc(-c6ccccc6)cc5)cc4)c4oc5ccccc5c34)NC(c3ccccc3)N2)cc1. The molecule has 2 heterocycles. The molecule has 2 N–H and O–H groups in total. The number of furan rings is 1. The van der Waals surface area contributed by atoms with E-state index in [1.165, 1.54) is 11.1 Å². The first-order valence-electron chi connectivity index (χ1n) is 19.0. The normalized spacial score (nSPS) is 15.3. The molecule has 0 amide bonds. The van der Waals surface area contributed by atoms with Crippen LogP contribution in [0.5, 0.6) is 0 Å². The summed E-state index contributed by atoms with van der Waals surface area (Å²) in [5.41, 5.74) is 12.7. The summed E-state index contributed by atoms with van der Waals surface area (Å²) in [7, 11) is 0. The lowest BCUT2D eigenvalue weighted by Crippen LogP contribution is -2.45. The fourth-order valence-electron chi connectivity index (χ4n) is 7.84. The van der Waals surface area contributed by atoms with E-state index in [0.29, 0.717) is 0 Å². The minimum atomic E-state index is -0.329. The maximum absolute atomic E-state index is 6.75. The first-order chi connectivity index (χ1) is 27.8. The van der Waals surface area contributed by atoms with Gasteiger partial charge < -0.3 is 14.6 Å². The Morgan fingerprint density at radius 1 is 0.464 bits per heavy atom. The summed E-state index contributed by atoms with van der Waals surface area (Å²) >= 11 is 0. The van der Waals surface area contributed by atoms with Crippen LogP contribution in [-0.2, 0) is 0 Å². The van der Waals surface area contributed by atoms with Gasteiger partial charge in [-0.2, -0.15) is 0 Å². The molecule has 56 heavy (non-hydrogen) atoms. The molecule has 0 bridgehead atoms. The molecule has 9 aromatic rings. The summed E-state index contributed by atoms with van der Waals surface area (Å²) in [4.78, 5) is 7.59. The average Bonchev–Trinajstić information content (AvgIpc) is 3.68. The number of amidine groups is 1. The Kier molecular flexibility index (Phi) is 8.67. The highest BCUT2D eigenvalue weighted by atomic mass is 16.3. The molecule has 5 nitrogen and oxygen atoms in total. The Balaban J connectivity index is 1.06. The van der Waals surface area contributed by atoms with E-state index in [0.717, 1.165) is 72.7 Å². The number of fused-ring (bicyclic) bond motifs is 3. The maximum Gasteiger partial charge on any atom is 0.143 e. The fraction of sp³-hybridized carbons (Fsp3) is 0.0392. The van der Waals surface area contributed by atoms with Gasteiger partial charge in [-0.05, 0) is 64.7 Å². The summed E-state index contributed by atoms with van der Waals surface area (Å²) in [6.45, 7) is 0. The zero-order chi connectivity index (χ0) is 37.3. The van der Waals surface area contributed by atoms with Crippen molar-refractivity contribution in [2.75, 3.05) is 4.90 Å². The third-order valence-electron chi connectivity index (χ3n) is 10.6. The molecule has 0 spiro atoms. The van der Waals surface area contributed by atoms with Crippen LogP contribution in [0.4, 0.5) is 17.1 Å². The van der Waals surface area contributed by atoms with Gasteiger partial charge in [-0.15, -0.1) is 0 Å². The largest absolute Gasteiger partial charge is 0.455 e. The zero-order valence-electron chi connectivity index (χ0n) is 30.6. The number of benzene rings is 8. The number of hydrogen-bond acceptors (Lipinski definition) is 5. The van der Waals surface area contributed by atoms with E-state index in [-0.39, 0.29) is 12.3 Å². The lowest BCUT2D eigenvalue weighted by atomic mass is 9.96. The summed E-state index contributed by atoms with van der Waals surface area (Å²) in [5.74, 6) is 0.849. The van der Waals surface area contributed by atoms with Crippen LogP contribution < -0.4 is 15.5 Å². The van der Waals surface area contributed by atoms with Crippen molar-refractivity contribution in [3.8, 4) is 22.3 Å². The molecule has 10 rings (SSSR count). The number of nitrogens with zero attached hydrogens (tertiary/aromatic N) is 2. The van der Waals surface area contributed by atoms with Gasteiger partial charge in [0.1, 0.15) is 29.3 Å². The van der Waals surface area contributed by atoms with Crippen molar-refractivity contribution in [1.82, 2.24) is 10.6 Å². The van der Waals surface area contributed by atoms with Gasteiger partial charge in [-0.3, -0.25) is 5.32 Å². The van der Waals surface area contributed by atoms with E-state index in [1.54, 1.807) is 0 Å². The van der Waals surface area contributed by atoms with Gasteiger partial charge in [0, 0.05) is 44.5 Å². The first-order valence-corrected chi connectivity index (χ1v) is 19.0. The van der Waals surface area contributed by atoms with E-state index in [1.807, 2.05) is 24.3 Å². The Morgan fingerprint density at radius 2 is 1.00 bits per heavy atom. The lowest BCUT2D eigenvalue weighted by Gasteiger charge is -2.32. The summed E-state index contributed by atoms with van der Waals surface area (Å²) in [5, 5.41) is 9.60. The maximum atomic E-state index is 6.75. The van der Waals surface area contributed by atoms with E-state index >= 15 is 0 Å². The molecule has 268 valence electrons. The fourth-order valence-corrected chi connectivity index (χ4v) is 7.84. The van der Waals surface area contributed by atoms with Crippen molar-refractivity contribution in [3.05, 3.63) is 223 Å². The number of para-hydroxylation sites is 2. The lowest BCUT2D eigenvalue weighted by molar-refractivity contribution is 0.410. The Morgan fingerprint density at radius 3 is 1.68 bits per heavy atom. The highest BCUT2D eigenvalue weighted by Crippen LogP contribution is 2.42. The van der Waals surface area contributed by atoms with Gasteiger partial charge in [-0.25, -0.2) is 4.99 Å². The van der Waals surface area contributed by atoms with E-state index in [9.17, 15) is 0 Å². The highest BCUT2D eigenvalue weighted by Gasteiger charge is 2.28. The number of aliphatic imine (C=N–C) groups is 1. The van der Waals surface area contributed by atoms with Gasteiger partial charge in [0.15, 0.2) is 0 Å². The van der Waals surface area contributed by atoms with Crippen LogP contribution in [0.15, 0.2) is 216 Å². The second kappa shape index (κ2) is 14.6. The smallest absolute Gasteiger partial charge is 0.143 e. The van der Waals surface area contributed by atoms with Gasteiger partial charge >= 0.3 is 0 Å². The third kappa shape index (κ3) is 6.30. The number of anilines is 3. The van der Waals surface area contributed by atoms with Crippen molar-refractivity contribution in [1.29, 1.82) is 0 Å². The Bertz CT molecular complexity index is 2780. The van der Waals surface area contributed by atoms with Gasteiger partial charge in [0.25, 0.3) is 0 Å². The van der Waals surface area contributed by atoms with Gasteiger partial charge in [-0.1, -0.05) is 164 Å². The zero-order valence-corrected chi connectivity index (χ0v) is 30.6. The number of rotatable bonds is 8. The molecular weight excluding hydrogens is 685 g/mol. The quantitative estimate of drug-likeness (QED) is 0.164. The van der Waals surface area contributed by atoms with Crippen LogP contribution in [0.25, 0.3) is 44.2 Å². The third-order valence-corrected chi connectivity index (χ3v) is 10.6. The molecule has 0 aliphatic carbocycles. The molecular formula is C51H38N4O. The van der Waals surface area contributed by atoms with Crippen molar-refractivity contribution < 1.29 is 4.42 Å². The van der Waals surface area contributed by atoms with Crippen LogP contribution in [0.1, 0.15) is 29.0 Å². The van der Waals surface area contributed by atoms with Crippen molar-refractivity contribution in [2.45, 2.75) is 12.3 Å². The number of nitrogens with one attached hydrogen (secondary N) is 2. The predicted molar refractivity (Wildman–Crippen MR) is 230 cm³/mol. The van der Waals surface area contributed by atoms with Crippen LogP contribution in [0.2, 0.25) is 0 Å². The van der Waals surface area contributed by atoms with Crippen LogP contribution in [0.3, 0.4) is 0 Å². The predicted octanol–water partition coefficient (Wildman–Crippen LogP) is 12.7. The molecule has 2 atom stereocenters. The van der Waals surface area contributed by atoms with Crippen molar-refractivity contribution in [2.24, 2.45) is 4.99 Å². The Labute approximate surface area is 326 Å². The minimum Gasteiger partial charge on any atom is -0.455 e. The van der Waals surface area contributed by atoms with E-state index in [4.69, 9.17) is 9.41 Å². The second-order valence-electron chi connectivity index (χ2n) is 14.0. The average molecular weight is 723 g/mol. The minimum absolute atomic E-state index is 0.142. The summed E-state index contributed by atoms with van der Waals surface area (Å²) < 4.78 is 6.75. The molecule has 2 unspecified atom stereocenters. The molecule has 0 saturated carbocycles. The van der Waals surface area contributed by atoms with Gasteiger partial charge in [0.2, 0.25) is 0 Å².